The van der Waals surface area contributed by atoms with E-state index < -0.39 is 0 Å². The number of aromatic nitrogens is 2. The maximum absolute atomic E-state index is 12.6. The first-order valence-electron chi connectivity index (χ1n) is 8.82. The fourth-order valence-electron chi connectivity index (χ4n) is 4.58. The van der Waals surface area contributed by atoms with E-state index in [2.05, 4.69) is 21.9 Å². The zero-order valence-electron chi connectivity index (χ0n) is 13.8. The standard InChI is InChI=1S/C17H26N4O2/c1-19-14(12-21-7-3-6-18-21)10-13-11-20(8-5-15(13)19)17(22)16-4-2-9-23-16/h3,6-7,13-16H,2,4-5,8-12H2,1H3/t13-,14-,15+,16-/m1/s1. The molecule has 0 aromatic carbocycles. The van der Waals surface area contributed by atoms with Crippen molar-refractivity contribution in [2.45, 2.75) is 50.4 Å². The first-order valence-corrected chi connectivity index (χ1v) is 8.82. The third kappa shape index (κ3) is 2.90. The largest absolute Gasteiger partial charge is 0.368 e. The molecule has 1 aromatic heterocycles. The van der Waals surface area contributed by atoms with Crippen LogP contribution in [0.25, 0.3) is 0 Å². The van der Waals surface area contributed by atoms with Crippen LogP contribution in [0, 0.1) is 5.92 Å². The average molecular weight is 318 g/mol. The highest BCUT2D eigenvalue weighted by Gasteiger charge is 2.43. The molecule has 3 aliphatic heterocycles. The van der Waals surface area contributed by atoms with Crippen molar-refractivity contribution in [2.24, 2.45) is 5.92 Å². The van der Waals surface area contributed by atoms with Gasteiger partial charge in [-0.25, -0.2) is 0 Å². The summed E-state index contributed by atoms with van der Waals surface area (Å²) in [5.74, 6) is 0.804. The normalized spacial score (nSPS) is 34.7. The number of nitrogens with zero attached hydrogens (tertiary/aromatic N) is 4. The Morgan fingerprint density at radius 1 is 1.39 bits per heavy atom. The van der Waals surface area contributed by atoms with Crippen LogP contribution in [-0.4, -0.2) is 70.4 Å². The minimum atomic E-state index is -0.175. The molecule has 0 spiro atoms. The van der Waals surface area contributed by atoms with Crippen molar-refractivity contribution in [3.05, 3.63) is 18.5 Å². The van der Waals surface area contributed by atoms with Gasteiger partial charge in [0.2, 0.25) is 0 Å². The lowest BCUT2D eigenvalue weighted by Crippen LogP contribution is -2.50. The quantitative estimate of drug-likeness (QED) is 0.834. The Morgan fingerprint density at radius 2 is 2.30 bits per heavy atom. The summed E-state index contributed by atoms with van der Waals surface area (Å²) in [6.07, 6.45) is 7.83. The van der Waals surface area contributed by atoms with Crippen molar-refractivity contribution in [3.8, 4) is 0 Å². The number of carbonyl (C=O) groups excluding carboxylic acids is 1. The van der Waals surface area contributed by atoms with Gasteiger partial charge in [-0.15, -0.1) is 0 Å². The second kappa shape index (κ2) is 6.24. The highest BCUT2D eigenvalue weighted by atomic mass is 16.5. The number of ether oxygens (including phenoxy) is 1. The Labute approximate surface area is 137 Å². The third-order valence-electron chi connectivity index (χ3n) is 5.84. The SMILES string of the molecule is CN1[C@@H](Cn2cccn2)C[C@@H]2CN(C(=O)[C@H]3CCCO3)CC[C@@H]21. The summed E-state index contributed by atoms with van der Waals surface area (Å²) in [5, 5.41) is 4.34. The molecule has 23 heavy (non-hydrogen) atoms. The topological polar surface area (TPSA) is 50.6 Å². The number of hydrogen-bond donors (Lipinski definition) is 0. The summed E-state index contributed by atoms with van der Waals surface area (Å²) in [7, 11) is 2.23. The van der Waals surface area contributed by atoms with E-state index in [0.717, 1.165) is 51.9 Å². The number of likely N-dealkylation sites (N-methyl/N-ethyl adjacent to an activating group) is 1. The van der Waals surface area contributed by atoms with Gasteiger partial charge in [-0.1, -0.05) is 0 Å². The second-order valence-electron chi connectivity index (χ2n) is 7.19. The molecule has 6 heteroatoms. The van der Waals surface area contributed by atoms with Gasteiger partial charge in [-0.3, -0.25) is 14.4 Å². The van der Waals surface area contributed by atoms with E-state index in [-0.39, 0.29) is 12.0 Å². The second-order valence-corrected chi connectivity index (χ2v) is 7.19. The molecule has 6 nitrogen and oxygen atoms in total. The van der Waals surface area contributed by atoms with Crippen molar-refractivity contribution in [1.29, 1.82) is 0 Å². The highest BCUT2D eigenvalue weighted by molar-refractivity contribution is 5.81. The Balaban J connectivity index is 1.38. The number of carbonyl (C=O) groups is 1. The molecule has 1 aromatic rings. The molecule has 0 unspecified atom stereocenters. The molecule has 0 saturated carbocycles. The fraction of sp³-hybridized carbons (Fsp3) is 0.765. The molecule has 0 radical (unpaired) electrons. The lowest BCUT2D eigenvalue weighted by Gasteiger charge is -2.38. The molecule has 1 amide bonds. The molecule has 3 fully saturated rings. The van der Waals surface area contributed by atoms with Crippen LogP contribution in [0.5, 0.6) is 0 Å². The predicted molar refractivity (Wildman–Crippen MR) is 85.8 cm³/mol. The Morgan fingerprint density at radius 3 is 3.04 bits per heavy atom. The Kier molecular flexibility index (Phi) is 4.11. The summed E-state index contributed by atoms with van der Waals surface area (Å²) in [5.41, 5.74) is 0. The van der Waals surface area contributed by atoms with Crippen LogP contribution in [0.1, 0.15) is 25.7 Å². The molecule has 126 valence electrons. The molecule has 0 N–H and O–H groups in total. The molecule has 4 rings (SSSR count). The number of piperidine rings is 1. The zero-order chi connectivity index (χ0) is 15.8. The summed E-state index contributed by atoms with van der Waals surface area (Å²) < 4.78 is 7.60. The van der Waals surface area contributed by atoms with Gasteiger partial charge in [0, 0.05) is 44.2 Å². The van der Waals surface area contributed by atoms with E-state index in [1.165, 1.54) is 0 Å². The maximum atomic E-state index is 12.6. The smallest absolute Gasteiger partial charge is 0.251 e. The summed E-state index contributed by atoms with van der Waals surface area (Å²) in [4.78, 5) is 17.2. The fourth-order valence-corrected chi connectivity index (χ4v) is 4.58. The van der Waals surface area contributed by atoms with E-state index in [1.54, 1.807) is 0 Å². The lowest BCUT2D eigenvalue weighted by molar-refractivity contribution is -0.143. The van der Waals surface area contributed by atoms with Gasteiger partial charge in [0.1, 0.15) is 6.10 Å². The van der Waals surface area contributed by atoms with Crippen LogP contribution in [-0.2, 0) is 16.1 Å². The number of hydrogen-bond acceptors (Lipinski definition) is 4. The molecule has 3 aliphatic rings. The van der Waals surface area contributed by atoms with Gasteiger partial charge in [0.25, 0.3) is 5.91 Å². The molecule has 4 heterocycles. The van der Waals surface area contributed by atoms with Gasteiger partial charge in [0.15, 0.2) is 0 Å². The van der Waals surface area contributed by atoms with Crippen LogP contribution in [0.3, 0.4) is 0 Å². The van der Waals surface area contributed by atoms with Crippen LogP contribution >= 0.6 is 0 Å². The number of likely N-dealkylation sites (tertiary alicyclic amines) is 2. The van der Waals surface area contributed by atoms with Crippen molar-refractivity contribution < 1.29 is 9.53 Å². The van der Waals surface area contributed by atoms with E-state index in [4.69, 9.17) is 4.74 Å². The lowest BCUT2D eigenvalue weighted by atomic mass is 9.91. The molecular weight excluding hydrogens is 292 g/mol. The first-order chi connectivity index (χ1) is 11.2. The van der Waals surface area contributed by atoms with E-state index in [9.17, 15) is 4.79 Å². The van der Waals surface area contributed by atoms with E-state index >= 15 is 0 Å². The van der Waals surface area contributed by atoms with Crippen LogP contribution < -0.4 is 0 Å². The average Bonchev–Trinajstić information content (AvgIpc) is 3.30. The van der Waals surface area contributed by atoms with Gasteiger partial charge in [-0.2, -0.15) is 5.10 Å². The summed E-state index contributed by atoms with van der Waals surface area (Å²) >= 11 is 0. The molecule has 3 saturated heterocycles. The molecule has 0 aliphatic carbocycles. The number of rotatable bonds is 3. The monoisotopic (exact) mass is 318 g/mol. The zero-order valence-corrected chi connectivity index (χ0v) is 13.8. The molecule has 0 bridgehead atoms. The van der Waals surface area contributed by atoms with Crippen LogP contribution in [0.2, 0.25) is 0 Å². The highest BCUT2D eigenvalue weighted by Crippen LogP contribution is 2.35. The Bertz CT molecular complexity index is 541. The van der Waals surface area contributed by atoms with Crippen molar-refractivity contribution in [1.82, 2.24) is 19.6 Å². The minimum absolute atomic E-state index is 0.175. The summed E-state index contributed by atoms with van der Waals surface area (Å²) in [6, 6.07) is 3.09. The van der Waals surface area contributed by atoms with Gasteiger partial charge in [-0.05, 0) is 44.7 Å². The number of amides is 1. The predicted octanol–water partition coefficient (Wildman–Crippen LogP) is 0.983. The number of fused-ring (bicyclic) bond motifs is 1. The van der Waals surface area contributed by atoms with Crippen molar-refractivity contribution >= 4 is 5.91 Å². The van der Waals surface area contributed by atoms with Crippen molar-refractivity contribution in [3.63, 3.8) is 0 Å². The van der Waals surface area contributed by atoms with Gasteiger partial charge >= 0.3 is 0 Å². The van der Waals surface area contributed by atoms with Gasteiger partial charge in [0.05, 0.1) is 6.54 Å². The van der Waals surface area contributed by atoms with E-state index in [0.29, 0.717) is 18.0 Å². The van der Waals surface area contributed by atoms with Crippen LogP contribution in [0.4, 0.5) is 0 Å². The molecular formula is C17H26N4O2. The minimum Gasteiger partial charge on any atom is -0.368 e. The first kappa shape index (κ1) is 15.1. The molecule has 4 atom stereocenters. The Hall–Kier alpha value is -1.40. The maximum Gasteiger partial charge on any atom is 0.251 e. The van der Waals surface area contributed by atoms with E-state index in [1.807, 2.05) is 23.1 Å². The van der Waals surface area contributed by atoms with Crippen molar-refractivity contribution in [2.75, 3.05) is 26.7 Å². The summed E-state index contributed by atoms with van der Waals surface area (Å²) in [6.45, 7) is 3.45. The van der Waals surface area contributed by atoms with Gasteiger partial charge < -0.3 is 9.64 Å². The van der Waals surface area contributed by atoms with Crippen LogP contribution in [0.15, 0.2) is 18.5 Å². The third-order valence-corrected chi connectivity index (χ3v) is 5.84.